The van der Waals surface area contributed by atoms with Crippen molar-refractivity contribution in [1.29, 1.82) is 0 Å². The van der Waals surface area contributed by atoms with Crippen molar-refractivity contribution in [3.63, 3.8) is 0 Å². The van der Waals surface area contributed by atoms with E-state index in [-0.39, 0.29) is 23.5 Å². The summed E-state index contributed by atoms with van der Waals surface area (Å²) in [7, 11) is 0. The van der Waals surface area contributed by atoms with Crippen LogP contribution in [0.1, 0.15) is 25.8 Å². The lowest BCUT2D eigenvalue weighted by atomic mass is 10.0. The molecule has 188 valence electrons. The predicted molar refractivity (Wildman–Crippen MR) is 125 cm³/mol. The van der Waals surface area contributed by atoms with Gasteiger partial charge in [0, 0.05) is 32.7 Å². The fourth-order valence-electron chi connectivity index (χ4n) is 3.85. The Morgan fingerprint density at radius 3 is 2.38 bits per heavy atom. The Hall–Kier alpha value is -2.69. The first-order valence-corrected chi connectivity index (χ1v) is 11.9. The van der Waals surface area contributed by atoms with Gasteiger partial charge in [-0.05, 0) is 36.5 Å². The van der Waals surface area contributed by atoms with Crippen LogP contribution in [0.15, 0.2) is 24.3 Å². The highest BCUT2D eigenvalue weighted by atomic mass is 16.6. The number of morpholine rings is 1. The summed E-state index contributed by atoms with van der Waals surface area (Å²) in [6.45, 7) is 8.68. The van der Waals surface area contributed by atoms with Gasteiger partial charge in [-0.15, -0.1) is 0 Å². The molecule has 0 spiro atoms. The van der Waals surface area contributed by atoms with Gasteiger partial charge in [0.05, 0.1) is 13.2 Å². The number of hydrogen-bond acceptors (Lipinski definition) is 7. The standard InChI is InChI=1S/C24H36N4O6/c1-16(2)15-19(22(30)26-9-10-28-11-13-33-14-12-28)27-24(32)21-20(34-21)23(31)25-8-7-17-3-5-18(29)6-4-17/h3-6,16,19-21,29H,7-15H2,1-2H3,(H,25,31)(H,26,30)(H,27,32)/t19-,20-,21?/m0/s1. The molecule has 0 aliphatic carbocycles. The Labute approximate surface area is 200 Å². The van der Waals surface area contributed by atoms with Crippen LogP contribution >= 0.6 is 0 Å². The molecule has 34 heavy (non-hydrogen) atoms. The van der Waals surface area contributed by atoms with Crippen molar-refractivity contribution in [2.75, 3.05) is 45.9 Å². The molecule has 0 aromatic heterocycles. The predicted octanol–water partition coefficient (Wildman–Crippen LogP) is -0.202. The van der Waals surface area contributed by atoms with Gasteiger partial charge < -0.3 is 30.5 Å². The summed E-state index contributed by atoms with van der Waals surface area (Å²) in [5.41, 5.74) is 0.972. The third-order valence-electron chi connectivity index (χ3n) is 5.83. The van der Waals surface area contributed by atoms with Gasteiger partial charge in [0.2, 0.25) is 5.91 Å². The summed E-state index contributed by atoms with van der Waals surface area (Å²) in [5, 5.41) is 17.7. The number of carbonyl (C=O) groups is 3. The number of aromatic hydroxyl groups is 1. The number of ether oxygens (including phenoxy) is 2. The second-order valence-corrected chi connectivity index (χ2v) is 9.12. The van der Waals surface area contributed by atoms with E-state index in [1.807, 2.05) is 13.8 Å². The minimum absolute atomic E-state index is 0.189. The van der Waals surface area contributed by atoms with Crippen molar-refractivity contribution < 1.29 is 29.0 Å². The van der Waals surface area contributed by atoms with E-state index in [0.29, 0.717) is 39.1 Å². The van der Waals surface area contributed by atoms with Gasteiger partial charge in [-0.25, -0.2) is 0 Å². The molecule has 1 unspecified atom stereocenters. The van der Waals surface area contributed by atoms with Gasteiger partial charge in [-0.3, -0.25) is 19.3 Å². The van der Waals surface area contributed by atoms with Gasteiger partial charge in [-0.1, -0.05) is 26.0 Å². The van der Waals surface area contributed by atoms with Crippen LogP contribution in [0, 0.1) is 5.92 Å². The molecular formula is C24H36N4O6. The lowest BCUT2D eigenvalue weighted by molar-refractivity contribution is -0.130. The molecule has 10 nitrogen and oxygen atoms in total. The maximum atomic E-state index is 12.7. The van der Waals surface area contributed by atoms with Crippen LogP contribution in [0.3, 0.4) is 0 Å². The monoisotopic (exact) mass is 476 g/mol. The molecular weight excluding hydrogens is 440 g/mol. The summed E-state index contributed by atoms with van der Waals surface area (Å²) < 4.78 is 10.6. The first-order valence-electron chi connectivity index (χ1n) is 11.9. The van der Waals surface area contributed by atoms with Crippen LogP contribution < -0.4 is 16.0 Å². The molecule has 0 radical (unpaired) electrons. The van der Waals surface area contributed by atoms with Crippen molar-refractivity contribution in [3.05, 3.63) is 29.8 Å². The number of phenols is 1. The van der Waals surface area contributed by atoms with E-state index in [9.17, 15) is 19.5 Å². The van der Waals surface area contributed by atoms with E-state index in [1.54, 1.807) is 24.3 Å². The zero-order valence-corrected chi connectivity index (χ0v) is 19.9. The SMILES string of the molecule is CC(C)C[C@H](NC(=O)C1O[C@@H]1C(=O)NCCc1ccc(O)cc1)C(=O)NCCN1CCOCC1. The molecule has 3 amide bonds. The van der Waals surface area contributed by atoms with Crippen LogP contribution in [-0.4, -0.2) is 91.9 Å². The van der Waals surface area contributed by atoms with E-state index >= 15 is 0 Å². The first kappa shape index (κ1) is 25.9. The fraction of sp³-hybridized carbons (Fsp3) is 0.625. The fourth-order valence-corrected chi connectivity index (χ4v) is 3.85. The summed E-state index contributed by atoms with van der Waals surface area (Å²) >= 11 is 0. The third kappa shape index (κ3) is 8.27. The van der Waals surface area contributed by atoms with E-state index in [1.165, 1.54) is 0 Å². The molecule has 1 aromatic carbocycles. The number of rotatable bonds is 12. The average molecular weight is 477 g/mol. The summed E-state index contributed by atoms with van der Waals surface area (Å²) in [5.74, 6) is -0.642. The normalized spacial score (nSPS) is 21.0. The molecule has 2 heterocycles. The molecule has 2 fully saturated rings. The highest BCUT2D eigenvalue weighted by molar-refractivity contribution is 5.97. The Balaban J connectivity index is 1.39. The van der Waals surface area contributed by atoms with E-state index in [0.717, 1.165) is 25.2 Å². The highest BCUT2D eigenvalue weighted by Gasteiger charge is 2.50. The molecule has 1 aromatic rings. The van der Waals surface area contributed by atoms with Gasteiger partial charge >= 0.3 is 0 Å². The van der Waals surface area contributed by atoms with Crippen LogP contribution in [0.4, 0.5) is 0 Å². The van der Waals surface area contributed by atoms with E-state index < -0.39 is 24.2 Å². The largest absolute Gasteiger partial charge is 0.508 e. The molecule has 4 N–H and O–H groups in total. The second kappa shape index (κ2) is 12.7. The molecule has 10 heteroatoms. The molecule has 0 saturated carbocycles. The molecule has 3 atom stereocenters. The highest BCUT2D eigenvalue weighted by Crippen LogP contribution is 2.23. The number of benzene rings is 1. The Kier molecular flexibility index (Phi) is 9.67. The van der Waals surface area contributed by atoms with E-state index in [4.69, 9.17) is 9.47 Å². The lowest BCUT2D eigenvalue weighted by Crippen LogP contribution is -2.50. The van der Waals surface area contributed by atoms with Crippen LogP contribution in [-0.2, 0) is 30.3 Å². The maximum absolute atomic E-state index is 12.7. The summed E-state index contributed by atoms with van der Waals surface area (Å²) in [4.78, 5) is 39.9. The Morgan fingerprint density at radius 1 is 1.03 bits per heavy atom. The van der Waals surface area contributed by atoms with Crippen LogP contribution in [0.25, 0.3) is 0 Å². The number of amides is 3. The Bertz CT molecular complexity index is 825. The maximum Gasteiger partial charge on any atom is 0.253 e. The number of epoxide rings is 1. The van der Waals surface area contributed by atoms with Crippen molar-refractivity contribution in [2.45, 2.75) is 44.9 Å². The minimum Gasteiger partial charge on any atom is -0.508 e. The van der Waals surface area contributed by atoms with E-state index in [2.05, 4.69) is 20.9 Å². The number of nitrogens with one attached hydrogen (secondary N) is 3. The molecule has 2 saturated heterocycles. The van der Waals surface area contributed by atoms with Gasteiger partial charge in [0.15, 0.2) is 12.2 Å². The quantitative estimate of drug-likeness (QED) is 0.307. The number of carbonyl (C=O) groups excluding carboxylic acids is 3. The van der Waals surface area contributed by atoms with Gasteiger partial charge in [-0.2, -0.15) is 0 Å². The molecule has 0 bridgehead atoms. The third-order valence-corrected chi connectivity index (χ3v) is 5.83. The van der Waals surface area contributed by atoms with Crippen molar-refractivity contribution >= 4 is 17.7 Å². The molecule has 2 aliphatic heterocycles. The first-order chi connectivity index (χ1) is 16.3. The van der Waals surface area contributed by atoms with Crippen LogP contribution in [0.5, 0.6) is 5.75 Å². The smallest absolute Gasteiger partial charge is 0.253 e. The topological polar surface area (TPSA) is 133 Å². The zero-order chi connectivity index (χ0) is 24.5. The zero-order valence-electron chi connectivity index (χ0n) is 19.9. The molecule has 2 aliphatic rings. The van der Waals surface area contributed by atoms with Gasteiger partial charge in [0.25, 0.3) is 11.8 Å². The van der Waals surface area contributed by atoms with Crippen molar-refractivity contribution in [2.24, 2.45) is 5.92 Å². The summed E-state index contributed by atoms with van der Waals surface area (Å²) in [6.07, 6.45) is -0.643. The minimum atomic E-state index is -0.885. The molecule has 3 rings (SSSR count). The number of hydrogen-bond donors (Lipinski definition) is 4. The summed E-state index contributed by atoms with van der Waals surface area (Å²) in [6, 6.07) is 6.07. The van der Waals surface area contributed by atoms with Crippen molar-refractivity contribution in [3.8, 4) is 5.75 Å². The Morgan fingerprint density at radius 2 is 1.71 bits per heavy atom. The number of nitrogens with zero attached hydrogens (tertiary/aromatic N) is 1. The average Bonchev–Trinajstić information content (AvgIpc) is 3.61. The lowest BCUT2D eigenvalue weighted by Gasteiger charge is -2.27. The van der Waals surface area contributed by atoms with Crippen molar-refractivity contribution in [1.82, 2.24) is 20.9 Å². The number of phenolic OH excluding ortho intramolecular Hbond substituents is 1. The second-order valence-electron chi connectivity index (χ2n) is 9.12. The van der Waals surface area contributed by atoms with Crippen LogP contribution in [0.2, 0.25) is 0 Å². The van der Waals surface area contributed by atoms with Gasteiger partial charge in [0.1, 0.15) is 11.8 Å².